The molecule has 0 atom stereocenters. The fraction of sp³-hybridized carbons (Fsp3) is 0.750. The van der Waals surface area contributed by atoms with Gasteiger partial charge in [0.25, 0.3) is 0 Å². The van der Waals surface area contributed by atoms with E-state index in [9.17, 15) is 9.90 Å². The molecule has 34 heavy (non-hydrogen) atoms. The summed E-state index contributed by atoms with van der Waals surface area (Å²) >= 11 is 0. The highest BCUT2D eigenvalue weighted by atomic mass is 16.5. The van der Waals surface area contributed by atoms with Crippen molar-refractivity contribution in [2.45, 2.75) is 80.9 Å². The summed E-state index contributed by atoms with van der Waals surface area (Å²) in [5, 5.41) is 11.0. The average molecular weight is 470 g/mol. The monoisotopic (exact) mass is 469 g/mol. The first-order valence-electron chi connectivity index (χ1n) is 13.5. The predicted octanol–water partition coefficient (Wildman–Crippen LogP) is 4.23. The van der Waals surface area contributed by atoms with Crippen LogP contribution in [-0.2, 0) is 10.3 Å². The number of carbonyl (C=O) groups is 1. The molecule has 4 fully saturated rings. The van der Waals surface area contributed by atoms with E-state index >= 15 is 0 Å². The lowest BCUT2D eigenvalue weighted by atomic mass is 9.68. The highest BCUT2D eigenvalue weighted by molar-refractivity contribution is 5.78. The van der Waals surface area contributed by atoms with Crippen molar-refractivity contribution in [3.05, 3.63) is 35.9 Å². The number of amides is 2. The number of benzene rings is 1. The minimum absolute atomic E-state index is 0.0301. The molecule has 6 heteroatoms. The Morgan fingerprint density at radius 3 is 2.29 bits per heavy atom. The molecule has 1 aromatic carbocycles. The molecule has 0 aromatic heterocycles. The molecule has 2 saturated heterocycles. The van der Waals surface area contributed by atoms with Crippen molar-refractivity contribution in [3.8, 4) is 0 Å². The van der Waals surface area contributed by atoms with Crippen LogP contribution in [0.4, 0.5) is 4.79 Å². The summed E-state index contributed by atoms with van der Waals surface area (Å²) in [6.07, 6.45) is 10.0. The molecular weight excluding hydrogens is 426 g/mol. The van der Waals surface area contributed by atoms with Crippen LogP contribution < -0.4 is 0 Å². The Balaban J connectivity index is 1.34. The van der Waals surface area contributed by atoms with Gasteiger partial charge in [-0.1, -0.05) is 36.8 Å². The van der Waals surface area contributed by atoms with Gasteiger partial charge in [0.1, 0.15) is 0 Å². The Labute approximate surface area is 205 Å². The van der Waals surface area contributed by atoms with Crippen LogP contribution in [0, 0.1) is 5.92 Å². The highest BCUT2D eigenvalue weighted by Crippen LogP contribution is 2.49. The molecule has 0 radical (unpaired) electrons. The molecule has 2 heterocycles. The first-order valence-corrected chi connectivity index (χ1v) is 13.5. The Morgan fingerprint density at radius 1 is 1.03 bits per heavy atom. The van der Waals surface area contributed by atoms with Crippen molar-refractivity contribution in [2.75, 3.05) is 46.9 Å². The predicted molar refractivity (Wildman–Crippen MR) is 134 cm³/mol. The minimum atomic E-state index is -0.687. The maximum absolute atomic E-state index is 13.7. The quantitative estimate of drug-likeness (QED) is 0.650. The van der Waals surface area contributed by atoms with Crippen LogP contribution in [-0.4, -0.2) is 83.9 Å². The van der Waals surface area contributed by atoms with E-state index in [1.165, 1.54) is 24.8 Å². The molecule has 188 valence electrons. The van der Waals surface area contributed by atoms with Crippen molar-refractivity contribution in [1.29, 1.82) is 0 Å². The highest BCUT2D eigenvalue weighted by Gasteiger charge is 2.55. The van der Waals surface area contributed by atoms with Gasteiger partial charge >= 0.3 is 6.03 Å². The SMILES string of the molecule is CN(C)[C@]1(c2ccccc2)CC[C@]2(CC1)CN(CCC1(O)CCOCC1)C(=O)N2CC1CCC1. The topological polar surface area (TPSA) is 56.2 Å². The maximum atomic E-state index is 13.7. The van der Waals surface area contributed by atoms with Gasteiger partial charge in [0.15, 0.2) is 0 Å². The van der Waals surface area contributed by atoms with Crippen LogP contribution in [0.3, 0.4) is 0 Å². The number of aliphatic hydroxyl groups is 1. The molecule has 0 unspecified atom stereocenters. The fourth-order valence-corrected chi connectivity index (χ4v) is 6.91. The molecule has 2 amide bonds. The zero-order valence-electron chi connectivity index (χ0n) is 21.2. The number of rotatable bonds is 7. The van der Waals surface area contributed by atoms with Gasteiger partial charge in [0, 0.05) is 38.4 Å². The van der Waals surface area contributed by atoms with Crippen LogP contribution in [0.25, 0.3) is 0 Å². The van der Waals surface area contributed by atoms with Gasteiger partial charge in [-0.3, -0.25) is 4.90 Å². The largest absolute Gasteiger partial charge is 0.390 e. The second kappa shape index (κ2) is 9.44. The van der Waals surface area contributed by atoms with Crippen LogP contribution >= 0.6 is 0 Å². The summed E-state index contributed by atoms with van der Waals surface area (Å²) in [4.78, 5) is 20.5. The summed E-state index contributed by atoms with van der Waals surface area (Å²) in [5.74, 6) is 0.662. The molecule has 1 spiro atoms. The van der Waals surface area contributed by atoms with E-state index in [0.29, 0.717) is 44.9 Å². The van der Waals surface area contributed by atoms with Gasteiger partial charge in [0.2, 0.25) is 0 Å². The Bertz CT molecular complexity index is 840. The van der Waals surface area contributed by atoms with Crippen molar-refractivity contribution in [2.24, 2.45) is 5.92 Å². The lowest BCUT2D eigenvalue weighted by Gasteiger charge is -2.51. The van der Waals surface area contributed by atoms with Gasteiger partial charge in [0.05, 0.1) is 11.1 Å². The molecule has 1 N–H and O–H groups in total. The third kappa shape index (κ3) is 4.38. The molecular formula is C28H43N3O3. The van der Waals surface area contributed by atoms with E-state index in [1.54, 1.807) is 0 Å². The van der Waals surface area contributed by atoms with Crippen LogP contribution in [0.2, 0.25) is 0 Å². The van der Waals surface area contributed by atoms with Crippen LogP contribution in [0.1, 0.15) is 69.8 Å². The Hall–Kier alpha value is -1.63. The number of hydrogen-bond acceptors (Lipinski definition) is 4. The van der Waals surface area contributed by atoms with Gasteiger partial charge in [-0.05, 0) is 83.4 Å². The Kier molecular flexibility index (Phi) is 6.68. The zero-order valence-corrected chi connectivity index (χ0v) is 21.2. The van der Waals surface area contributed by atoms with E-state index in [2.05, 4.69) is 59.1 Å². The van der Waals surface area contributed by atoms with Crippen LogP contribution in [0.15, 0.2) is 30.3 Å². The first-order chi connectivity index (χ1) is 16.4. The van der Waals surface area contributed by atoms with Gasteiger partial charge in [-0.2, -0.15) is 0 Å². The lowest BCUT2D eigenvalue weighted by molar-refractivity contribution is -0.0701. The summed E-state index contributed by atoms with van der Waals surface area (Å²) in [5.41, 5.74) is 0.664. The first kappa shape index (κ1) is 24.1. The van der Waals surface area contributed by atoms with E-state index < -0.39 is 5.60 Å². The summed E-state index contributed by atoms with van der Waals surface area (Å²) in [6, 6.07) is 11.1. The van der Waals surface area contributed by atoms with E-state index in [0.717, 1.165) is 38.8 Å². The molecule has 0 bridgehead atoms. The summed E-state index contributed by atoms with van der Waals surface area (Å²) in [7, 11) is 4.41. The molecule has 1 aromatic rings. The number of carbonyl (C=O) groups excluding carboxylic acids is 1. The third-order valence-electron chi connectivity index (χ3n) is 9.67. The van der Waals surface area contributed by atoms with Crippen molar-refractivity contribution < 1.29 is 14.6 Å². The molecule has 2 saturated carbocycles. The number of nitrogens with zero attached hydrogens (tertiary/aromatic N) is 3. The van der Waals surface area contributed by atoms with E-state index in [1.807, 2.05) is 0 Å². The van der Waals surface area contributed by atoms with Gasteiger partial charge in [-0.25, -0.2) is 4.79 Å². The molecule has 2 aliphatic carbocycles. The summed E-state index contributed by atoms with van der Waals surface area (Å²) in [6.45, 7) is 3.61. The number of ether oxygens (including phenoxy) is 1. The molecule has 5 rings (SSSR count). The zero-order chi connectivity index (χ0) is 23.8. The average Bonchev–Trinajstić information content (AvgIpc) is 3.07. The normalized spacial score (nSPS) is 31.9. The Morgan fingerprint density at radius 2 is 1.71 bits per heavy atom. The fourth-order valence-electron chi connectivity index (χ4n) is 6.91. The van der Waals surface area contributed by atoms with Crippen LogP contribution in [0.5, 0.6) is 0 Å². The van der Waals surface area contributed by atoms with Gasteiger partial charge < -0.3 is 19.6 Å². The van der Waals surface area contributed by atoms with Gasteiger partial charge in [-0.15, -0.1) is 0 Å². The van der Waals surface area contributed by atoms with Crippen molar-refractivity contribution in [1.82, 2.24) is 14.7 Å². The number of urea groups is 1. The van der Waals surface area contributed by atoms with Crippen molar-refractivity contribution in [3.63, 3.8) is 0 Å². The van der Waals surface area contributed by atoms with E-state index in [4.69, 9.17) is 4.74 Å². The standard InChI is InChI=1S/C28H43N3O3/c1-29(2)28(24-9-4-3-5-10-24)13-11-26(12-14-28)22-30(18-15-27(33)16-19-34-20-17-27)25(32)31(26)21-23-7-6-8-23/h3-5,9-10,23,33H,6-8,11-22H2,1-2H3/t26-,28+. The lowest BCUT2D eigenvalue weighted by Crippen LogP contribution is -2.56. The number of hydrogen-bond donors (Lipinski definition) is 1. The second-order valence-corrected chi connectivity index (χ2v) is 11.7. The second-order valence-electron chi connectivity index (χ2n) is 11.7. The molecule has 2 aliphatic heterocycles. The smallest absolute Gasteiger partial charge is 0.320 e. The van der Waals surface area contributed by atoms with Crippen molar-refractivity contribution >= 4 is 6.03 Å². The summed E-state index contributed by atoms with van der Waals surface area (Å²) < 4.78 is 5.45. The van der Waals surface area contributed by atoms with E-state index in [-0.39, 0.29) is 17.1 Å². The molecule has 6 nitrogen and oxygen atoms in total. The minimum Gasteiger partial charge on any atom is -0.390 e. The molecule has 4 aliphatic rings. The maximum Gasteiger partial charge on any atom is 0.320 e. The third-order valence-corrected chi connectivity index (χ3v) is 9.67.